The van der Waals surface area contributed by atoms with E-state index in [1.165, 1.54) is 24.9 Å². The van der Waals surface area contributed by atoms with E-state index in [0.717, 1.165) is 44.2 Å². The third-order valence-corrected chi connectivity index (χ3v) is 3.82. The summed E-state index contributed by atoms with van der Waals surface area (Å²) >= 11 is 0. The summed E-state index contributed by atoms with van der Waals surface area (Å²) in [6.07, 6.45) is 4.70. The monoisotopic (exact) mass is 289 g/mol. The lowest BCUT2D eigenvalue weighted by Gasteiger charge is -2.30. The van der Waals surface area contributed by atoms with Gasteiger partial charge in [0.15, 0.2) is 0 Å². The zero-order valence-electron chi connectivity index (χ0n) is 13.3. The lowest BCUT2D eigenvalue weighted by Crippen LogP contribution is -2.36. The van der Waals surface area contributed by atoms with Gasteiger partial charge in [-0.15, -0.1) is 0 Å². The Kier molecular flexibility index (Phi) is 6.54. The van der Waals surface area contributed by atoms with Gasteiger partial charge in [0.1, 0.15) is 5.84 Å². The van der Waals surface area contributed by atoms with E-state index in [-0.39, 0.29) is 0 Å². The van der Waals surface area contributed by atoms with Crippen molar-refractivity contribution in [1.82, 2.24) is 0 Å². The molecule has 0 saturated carbocycles. The van der Waals surface area contributed by atoms with Crippen molar-refractivity contribution in [3.05, 3.63) is 24.3 Å². The topological polar surface area (TPSA) is 36.9 Å². The Morgan fingerprint density at radius 3 is 2.71 bits per heavy atom. The summed E-state index contributed by atoms with van der Waals surface area (Å²) in [6, 6.07) is 8.48. The van der Waals surface area contributed by atoms with Crippen molar-refractivity contribution in [3.63, 3.8) is 0 Å². The first-order valence-electron chi connectivity index (χ1n) is 7.99. The molecule has 4 nitrogen and oxygen atoms in total. The maximum atomic E-state index is 5.44. The van der Waals surface area contributed by atoms with Gasteiger partial charge in [-0.25, -0.2) is 0 Å². The van der Waals surface area contributed by atoms with Crippen molar-refractivity contribution >= 4 is 17.2 Å². The smallest absolute Gasteiger partial charge is 0.100 e. The fourth-order valence-electron chi connectivity index (χ4n) is 2.59. The molecule has 0 bridgehead atoms. The molecule has 1 heterocycles. The summed E-state index contributed by atoms with van der Waals surface area (Å²) in [7, 11) is 1.87. The molecule has 1 aliphatic rings. The van der Waals surface area contributed by atoms with Crippen LogP contribution in [0.5, 0.6) is 0 Å². The minimum Gasteiger partial charge on any atom is -0.378 e. The highest BCUT2D eigenvalue weighted by molar-refractivity contribution is 5.98. The number of amidine groups is 1. The Labute approximate surface area is 128 Å². The summed E-state index contributed by atoms with van der Waals surface area (Å²) in [4.78, 5) is 6.78. The molecule has 1 fully saturated rings. The number of nitrogens with zero attached hydrogens (tertiary/aromatic N) is 2. The number of benzene rings is 1. The van der Waals surface area contributed by atoms with Crippen LogP contribution in [-0.4, -0.2) is 39.2 Å². The van der Waals surface area contributed by atoms with E-state index in [0.29, 0.717) is 0 Å². The van der Waals surface area contributed by atoms with Gasteiger partial charge in [-0.05, 0) is 18.6 Å². The van der Waals surface area contributed by atoms with E-state index in [4.69, 9.17) is 4.74 Å². The van der Waals surface area contributed by atoms with Gasteiger partial charge < -0.3 is 15.0 Å². The highest BCUT2D eigenvalue weighted by Crippen LogP contribution is 2.26. The van der Waals surface area contributed by atoms with E-state index >= 15 is 0 Å². The van der Waals surface area contributed by atoms with Crippen molar-refractivity contribution in [1.29, 1.82) is 0 Å². The predicted octanol–water partition coefficient (Wildman–Crippen LogP) is 3.54. The Hall–Kier alpha value is -1.55. The maximum Gasteiger partial charge on any atom is 0.100 e. The Morgan fingerprint density at radius 1 is 1.24 bits per heavy atom. The van der Waals surface area contributed by atoms with Gasteiger partial charge >= 0.3 is 0 Å². The summed E-state index contributed by atoms with van der Waals surface area (Å²) < 4.78 is 5.44. The predicted molar refractivity (Wildman–Crippen MR) is 90.6 cm³/mol. The molecule has 4 heteroatoms. The van der Waals surface area contributed by atoms with Crippen LogP contribution in [0.4, 0.5) is 11.4 Å². The minimum absolute atomic E-state index is 0.805. The SMILES string of the molecule is CCCCCC(=NC)Nc1ccccc1N1CCOCC1. The van der Waals surface area contributed by atoms with Crippen LogP contribution < -0.4 is 10.2 Å². The minimum atomic E-state index is 0.805. The molecular formula is C17H27N3O. The van der Waals surface area contributed by atoms with Crippen molar-refractivity contribution in [2.75, 3.05) is 43.6 Å². The van der Waals surface area contributed by atoms with Gasteiger partial charge in [0, 0.05) is 26.6 Å². The van der Waals surface area contributed by atoms with E-state index in [2.05, 4.69) is 46.4 Å². The van der Waals surface area contributed by atoms with Crippen LogP contribution in [-0.2, 0) is 4.74 Å². The van der Waals surface area contributed by atoms with Crippen LogP contribution >= 0.6 is 0 Å². The van der Waals surface area contributed by atoms with E-state index in [1.807, 2.05) is 7.05 Å². The molecule has 0 aliphatic carbocycles. The largest absolute Gasteiger partial charge is 0.378 e. The van der Waals surface area contributed by atoms with Crippen molar-refractivity contribution in [3.8, 4) is 0 Å². The molecule has 1 aliphatic heterocycles. The van der Waals surface area contributed by atoms with E-state index in [1.54, 1.807) is 0 Å². The molecular weight excluding hydrogens is 262 g/mol. The van der Waals surface area contributed by atoms with Gasteiger partial charge in [-0.1, -0.05) is 31.9 Å². The average Bonchev–Trinajstić information content (AvgIpc) is 2.55. The van der Waals surface area contributed by atoms with Crippen molar-refractivity contribution in [2.45, 2.75) is 32.6 Å². The molecule has 116 valence electrons. The van der Waals surface area contributed by atoms with Crippen LogP contribution in [0.1, 0.15) is 32.6 Å². The maximum absolute atomic E-state index is 5.44. The number of hydrogen-bond acceptors (Lipinski definition) is 3. The lowest BCUT2D eigenvalue weighted by molar-refractivity contribution is 0.123. The zero-order valence-corrected chi connectivity index (χ0v) is 13.3. The second-order valence-corrected chi connectivity index (χ2v) is 5.37. The molecule has 1 aromatic rings. The molecule has 0 spiro atoms. The van der Waals surface area contributed by atoms with Gasteiger partial charge in [-0.2, -0.15) is 0 Å². The molecule has 0 unspecified atom stereocenters. The molecule has 0 atom stereocenters. The van der Waals surface area contributed by atoms with E-state index in [9.17, 15) is 0 Å². The Balaban J connectivity index is 2.04. The van der Waals surface area contributed by atoms with Gasteiger partial charge in [-0.3, -0.25) is 4.99 Å². The molecule has 1 aromatic carbocycles. The first-order valence-corrected chi connectivity index (χ1v) is 7.99. The molecule has 1 N–H and O–H groups in total. The van der Waals surface area contributed by atoms with Gasteiger partial charge in [0.25, 0.3) is 0 Å². The zero-order chi connectivity index (χ0) is 14.9. The van der Waals surface area contributed by atoms with E-state index < -0.39 is 0 Å². The van der Waals surface area contributed by atoms with Crippen LogP contribution in [0.2, 0.25) is 0 Å². The van der Waals surface area contributed by atoms with Crippen LogP contribution in [0.25, 0.3) is 0 Å². The van der Waals surface area contributed by atoms with Crippen molar-refractivity contribution < 1.29 is 4.74 Å². The Morgan fingerprint density at radius 2 is 2.00 bits per heavy atom. The van der Waals surface area contributed by atoms with Gasteiger partial charge in [0.05, 0.1) is 24.6 Å². The molecule has 2 rings (SSSR count). The number of aliphatic imine (C=N–C) groups is 1. The Bertz CT molecular complexity index is 453. The lowest BCUT2D eigenvalue weighted by atomic mass is 10.1. The fraction of sp³-hybridized carbons (Fsp3) is 0.588. The number of ether oxygens (including phenoxy) is 1. The molecule has 0 aromatic heterocycles. The molecule has 0 radical (unpaired) electrons. The first kappa shape index (κ1) is 15.8. The molecule has 21 heavy (non-hydrogen) atoms. The molecule has 0 amide bonds. The third kappa shape index (κ3) is 4.74. The number of unbranched alkanes of at least 4 members (excludes halogenated alkanes) is 2. The number of rotatable bonds is 6. The first-order chi connectivity index (χ1) is 10.3. The average molecular weight is 289 g/mol. The highest BCUT2D eigenvalue weighted by Gasteiger charge is 2.14. The number of morpholine rings is 1. The number of hydrogen-bond donors (Lipinski definition) is 1. The second-order valence-electron chi connectivity index (χ2n) is 5.37. The van der Waals surface area contributed by atoms with Crippen LogP contribution in [0, 0.1) is 0 Å². The number of anilines is 2. The van der Waals surface area contributed by atoms with Gasteiger partial charge in [0.2, 0.25) is 0 Å². The van der Waals surface area contributed by atoms with Crippen molar-refractivity contribution in [2.24, 2.45) is 4.99 Å². The normalized spacial score (nSPS) is 16.1. The summed E-state index contributed by atoms with van der Waals surface area (Å²) in [5.74, 6) is 1.07. The standard InChI is InChI=1S/C17H27N3O/c1-3-4-5-10-17(18-2)19-15-8-6-7-9-16(15)20-11-13-21-14-12-20/h6-9H,3-5,10-14H2,1-2H3,(H,18,19). The van der Waals surface area contributed by atoms with Crippen LogP contribution in [0.15, 0.2) is 29.3 Å². The fourth-order valence-corrected chi connectivity index (χ4v) is 2.59. The highest BCUT2D eigenvalue weighted by atomic mass is 16.5. The number of nitrogens with one attached hydrogen (secondary N) is 1. The second kappa shape index (κ2) is 8.67. The summed E-state index contributed by atoms with van der Waals surface area (Å²) in [5, 5.41) is 3.52. The summed E-state index contributed by atoms with van der Waals surface area (Å²) in [6.45, 7) is 5.74. The third-order valence-electron chi connectivity index (χ3n) is 3.82. The molecule has 1 saturated heterocycles. The summed E-state index contributed by atoms with van der Waals surface area (Å²) in [5.41, 5.74) is 2.40. The number of para-hydroxylation sites is 2. The van der Waals surface area contributed by atoms with Crippen LogP contribution in [0.3, 0.4) is 0 Å². The quantitative estimate of drug-likeness (QED) is 0.494.